The number of hydroxylamine groups is 1. The summed E-state index contributed by atoms with van der Waals surface area (Å²) in [5.41, 5.74) is 0.956. The highest BCUT2D eigenvalue weighted by Crippen LogP contribution is 2.29. The zero-order chi connectivity index (χ0) is 20.5. The van der Waals surface area contributed by atoms with Gasteiger partial charge in [0.2, 0.25) is 0 Å². The lowest BCUT2D eigenvalue weighted by Gasteiger charge is -2.15. The molecule has 0 aliphatic carbocycles. The van der Waals surface area contributed by atoms with Crippen molar-refractivity contribution >= 4 is 17.3 Å². The number of aliphatic hydroxyl groups excluding tert-OH is 1. The van der Waals surface area contributed by atoms with Crippen LogP contribution in [-0.2, 0) is 4.84 Å². The summed E-state index contributed by atoms with van der Waals surface area (Å²) >= 11 is 0. The molecule has 28 heavy (non-hydrogen) atoms. The fourth-order valence-electron chi connectivity index (χ4n) is 2.24. The van der Waals surface area contributed by atoms with Crippen LogP contribution >= 0.6 is 0 Å². The Hall–Kier alpha value is -2.78. The first kappa shape index (κ1) is 21.5. The molecule has 2 aromatic rings. The molecule has 0 saturated carbocycles. The molecular weight excluding hydrogens is 377 g/mol. The van der Waals surface area contributed by atoms with Crippen LogP contribution in [0.3, 0.4) is 0 Å². The molecule has 2 rings (SSSR count). The van der Waals surface area contributed by atoms with E-state index in [4.69, 9.17) is 9.84 Å². The third kappa shape index (κ3) is 5.61. The minimum Gasteiger partial charge on any atom is -0.493 e. The highest BCUT2D eigenvalue weighted by Gasteiger charge is 2.20. The molecule has 6 nitrogen and oxygen atoms in total. The second-order valence-corrected chi connectivity index (χ2v) is 5.76. The molecule has 0 aliphatic rings. The van der Waals surface area contributed by atoms with E-state index in [2.05, 4.69) is 10.2 Å². The highest BCUT2D eigenvalue weighted by molar-refractivity contribution is 6.00. The molecule has 0 radical (unpaired) electrons. The zero-order valence-corrected chi connectivity index (χ0v) is 15.2. The monoisotopic (exact) mass is 398 g/mol. The zero-order valence-electron chi connectivity index (χ0n) is 15.2. The summed E-state index contributed by atoms with van der Waals surface area (Å²) < 4.78 is 47.6. The Kier molecular flexibility index (Phi) is 8.09. The molecule has 0 unspecified atom stereocenters. The molecule has 0 bridgehead atoms. The van der Waals surface area contributed by atoms with Gasteiger partial charge < -0.3 is 15.2 Å². The molecule has 9 heteroatoms. The van der Waals surface area contributed by atoms with Gasteiger partial charge in [-0.1, -0.05) is 13.3 Å². The Balaban J connectivity index is 2.24. The van der Waals surface area contributed by atoms with Crippen LogP contribution in [0, 0.1) is 17.5 Å². The molecule has 0 fully saturated rings. The van der Waals surface area contributed by atoms with E-state index in [1.165, 1.54) is 12.1 Å². The summed E-state index contributed by atoms with van der Waals surface area (Å²) in [4.78, 5) is 16.8. The second-order valence-electron chi connectivity index (χ2n) is 5.76. The topological polar surface area (TPSA) is 79.8 Å². The first-order valence-electron chi connectivity index (χ1n) is 8.68. The van der Waals surface area contributed by atoms with E-state index in [1.54, 1.807) is 0 Å². The van der Waals surface area contributed by atoms with Crippen LogP contribution in [0.5, 0.6) is 5.75 Å². The maximum absolute atomic E-state index is 14.3. The number of carbonyl (C=O) groups excluding carboxylic acids is 1. The van der Waals surface area contributed by atoms with Gasteiger partial charge in [-0.15, -0.1) is 0 Å². The van der Waals surface area contributed by atoms with Gasteiger partial charge in [-0.05, 0) is 30.7 Å². The van der Waals surface area contributed by atoms with E-state index in [9.17, 15) is 18.0 Å². The predicted molar refractivity (Wildman–Crippen MR) is 96.9 cm³/mol. The van der Waals surface area contributed by atoms with E-state index >= 15 is 0 Å². The Morgan fingerprint density at radius 1 is 1.11 bits per heavy atom. The van der Waals surface area contributed by atoms with Crippen molar-refractivity contribution in [3.05, 3.63) is 53.3 Å². The third-order valence-corrected chi connectivity index (χ3v) is 3.66. The van der Waals surface area contributed by atoms with Crippen molar-refractivity contribution in [2.24, 2.45) is 0 Å². The lowest BCUT2D eigenvalue weighted by atomic mass is 10.1. The van der Waals surface area contributed by atoms with Gasteiger partial charge in [0.05, 0.1) is 36.8 Å². The quantitative estimate of drug-likeness (QED) is 0.420. The third-order valence-electron chi connectivity index (χ3n) is 3.66. The summed E-state index contributed by atoms with van der Waals surface area (Å²) in [7, 11) is 0. The number of hydrogen-bond donors (Lipinski definition) is 3. The molecule has 2 aromatic carbocycles. The first-order valence-corrected chi connectivity index (χ1v) is 8.68. The predicted octanol–water partition coefficient (Wildman–Crippen LogP) is 3.68. The average Bonchev–Trinajstić information content (AvgIpc) is 2.67. The lowest BCUT2D eigenvalue weighted by molar-refractivity contribution is 0.0168. The second kappa shape index (κ2) is 10.5. The van der Waals surface area contributed by atoms with Crippen LogP contribution in [0.1, 0.15) is 30.1 Å². The van der Waals surface area contributed by atoms with E-state index in [-0.39, 0.29) is 24.5 Å². The number of amides is 1. The Labute approximate surface area is 160 Å². The van der Waals surface area contributed by atoms with Gasteiger partial charge in [0.1, 0.15) is 11.6 Å². The SMILES string of the molecule is CCCCOc1ccc(Nc2c(C(=O)NOCCO)ccc(F)c2F)c(F)c1. The number of rotatable bonds is 10. The van der Waals surface area contributed by atoms with E-state index in [0.717, 1.165) is 31.0 Å². The lowest BCUT2D eigenvalue weighted by Crippen LogP contribution is -2.26. The van der Waals surface area contributed by atoms with Gasteiger partial charge in [-0.2, -0.15) is 0 Å². The molecule has 152 valence electrons. The average molecular weight is 398 g/mol. The summed E-state index contributed by atoms with van der Waals surface area (Å²) in [6, 6.07) is 5.67. The van der Waals surface area contributed by atoms with Crippen LogP contribution in [0.4, 0.5) is 24.5 Å². The molecule has 3 N–H and O–H groups in total. The van der Waals surface area contributed by atoms with Crippen molar-refractivity contribution in [1.29, 1.82) is 0 Å². The molecule has 0 saturated heterocycles. The Morgan fingerprint density at radius 2 is 1.89 bits per heavy atom. The van der Waals surface area contributed by atoms with Gasteiger partial charge >= 0.3 is 0 Å². The van der Waals surface area contributed by atoms with Crippen molar-refractivity contribution in [2.75, 3.05) is 25.1 Å². The molecule has 1 amide bonds. The largest absolute Gasteiger partial charge is 0.493 e. The molecule has 0 aliphatic heterocycles. The van der Waals surface area contributed by atoms with Gasteiger partial charge in [0.25, 0.3) is 5.91 Å². The van der Waals surface area contributed by atoms with Crippen LogP contribution in [0.25, 0.3) is 0 Å². The normalized spacial score (nSPS) is 10.6. The van der Waals surface area contributed by atoms with Crippen molar-refractivity contribution in [2.45, 2.75) is 19.8 Å². The first-order chi connectivity index (χ1) is 13.5. The summed E-state index contributed by atoms with van der Waals surface area (Å²) in [6.07, 6.45) is 1.74. The maximum atomic E-state index is 14.3. The van der Waals surface area contributed by atoms with Crippen LogP contribution in [0.15, 0.2) is 30.3 Å². The van der Waals surface area contributed by atoms with E-state index in [1.807, 2.05) is 12.4 Å². The number of anilines is 2. The molecule has 0 aromatic heterocycles. The number of hydrogen-bond acceptors (Lipinski definition) is 5. The number of ether oxygens (including phenoxy) is 1. The van der Waals surface area contributed by atoms with Crippen LogP contribution in [0.2, 0.25) is 0 Å². The fourth-order valence-corrected chi connectivity index (χ4v) is 2.24. The molecular formula is C19H21F3N2O4. The summed E-state index contributed by atoms with van der Waals surface area (Å²) in [5, 5.41) is 11.1. The number of halogens is 3. The van der Waals surface area contributed by atoms with E-state index < -0.39 is 29.0 Å². The number of unbranched alkanes of at least 4 members (excludes halogenated alkanes) is 1. The number of aliphatic hydroxyl groups is 1. The standard InChI is InChI=1S/C19H21F3N2O4/c1-2-3-9-27-12-4-7-16(15(21)11-12)23-18-13(5-6-14(20)17(18)22)19(26)24-28-10-8-25/h4-7,11,23,25H,2-3,8-10H2,1H3,(H,24,26). The minimum absolute atomic E-state index is 0.169. The Morgan fingerprint density at radius 3 is 2.57 bits per heavy atom. The summed E-state index contributed by atoms with van der Waals surface area (Å²) in [5.74, 6) is -3.92. The summed E-state index contributed by atoms with van der Waals surface area (Å²) in [6.45, 7) is 1.89. The number of carbonyl (C=O) groups is 1. The Bertz CT molecular complexity index is 818. The smallest absolute Gasteiger partial charge is 0.277 e. The van der Waals surface area contributed by atoms with Crippen molar-refractivity contribution in [1.82, 2.24) is 5.48 Å². The minimum atomic E-state index is -1.35. The number of benzene rings is 2. The molecule has 0 spiro atoms. The number of nitrogens with one attached hydrogen (secondary N) is 2. The van der Waals surface area contributed by atoms with Crippen LogP contribution in [-0.4, -0.2) is 30.8 Å². The van der Waals surface area contributed by atoms with Crippen molar-refractivity contribution in [3.8, 4) is 5.75 Å². The van der Waals surface area contributed by atoms with Crippen LogP contribution < -0.4 is 15.5 Å². The van der Waals surface area contributed by atoms with Crippen molar-refractivity contribution in [3.63, 3.8) is 0 Å². The van der Waals surface area contributed by atoms with Crippen molar-refractivity contribution < 1.29 is 32.6 Å². The fraction of sp³-hybridized carbons (Fsp3) is 0.316. The molecule has 0 heterocycles. The van der Waals surface area contributed by atoms with Gasteiger partial charge in [0.15, 0.2) is 11.6 Å². The molecule has 0 atom stereocenters. The highest BCUT2D eigenvalue weighted by atomic mass is 19.2. The van der Waals surface area contributed by atoms with Gasteiger partial charge in [-0.25, -0.2) is 18.7 Å². The van der Waals surface area contributed by atoms with Gasteiger partial charge in [0, 0.05) is 6.07 Å². The van der Waals surface area contributed by atoms with E-state index in [0.29, 0.717) is 12.4 Å². The van der Waals surface area contributed by atoms with Gasteiger partial charge in [-0.3, -0.25) is 9.63 Å². The maximum Gasteiger partial charge on any atom is 0.277 e.